The molecule has 0 aromatic heterocycles. The van der Waals surface area contributed by atoms with Gasteiger partial charge in [-0.3, -0.25) is 0 Å². The van der Waals surface area contributed by atoms with Crippen LogP contribution in [0.25, 0.3) is 0 Å². The third-order valence-electron chi connectivity index (χ3n) is 6.33. The summed E-state index contributed by atoms with van der Waals surface area (Å²) in [5.41, 5.74) is 2.30. The summed E-state index contributed by atoms with van der Waals surface area (Å²) in [6.07, 6.45) is 11.5. The lowest BCUT2D eigenvalue weighted by Gasteiger charge is -2.41. The molecule has 2 nitrogen and oxygen atoms in total. The topological polar surface area (TPSA) is 18.5 Å². The molecule has 1 spiro atoms. The molecule has 1 saturated carbocycles. The Morgan fingerprint density at radius 3 is 2.23 bits per heavy atom. The summed E-state index contributed by atoms with van der Waals surface area (Å²) in [6, 6.07) is 0. The second-order valence-electron chi connectivity index (χ2n) is 8.87. The van der Waals surface area contributed by atoms with Crippen LogP contribution in [0.1, 0.15) is 65.7 Å². The van der Waals surface area contributed by atoms with Crippen LogP contribution in [0.2, 0.25) is 18.1 Å². The molecule has 0 aromatic rings. The van der Waals surface area contributed by atoms with Crippen molar-refractivity contribution in [2.24, 2.45) is 5.41 Å². The van der Waals surface area contributed by atoms with Crippen LogP contribution in [0.3, 0.4) is 0 Å². The van der Waals surface area contributed by atoms with Crippen LogP contribution < -0.4 is 0 Å². The van der Waals surface area contributed by atoms with E-state index in [1.807, 2.05) is 0 Å². The van der Waals surface area contributed by atoms with Gasteiger partial charge in [-0.2, -0.15) is 0 Å². The quantitative estimate of drug-likeness (QED) is 0.375. The summed E-state index contributed by atoms with van der Waals surface area (Å²) < 4.78 is 11.8. The second kappa shape index (κ2) is 7.19. The minimum absolute atomic E-state index is 0.320. The minimum atomic E-state index is -1.57. The van der Waals surface area contributed by atoms with Crippen LogP contribution in [0.4, 0.5) is 0 Å². The van der Waals surface area contributed by atoms with Gasteiger partial charge >= 0.3 is 0 Å². The Balaban J connectivity index is 1.72. The van der Waals surface area contributed by atoms with Crippen molar-refractivity contribution in [2.75, 3.05) is 19.8 Å². The van der Waals surface area contributed by atoms with E-state index >= 15 is 0 Å². The van der Waals surface area contributed by atoms with Gasteiger partial charge in [-0.05, 0) is 68.5 Å². The van der Waals surface area contributed by atoms with E-state index in [2.05, 4.69) is 39.9 Å². The minimum Gasteiger partial charge on any atom is -0.417 e. The number of hydrogen-bond acceptors (Lipinski definition) is 2. The third kappa shape index (κ3) is 4.69. The highest BCUT2D eigenvalue weighted by atomic mass is 28.4. The SMILES string of the molecule is CC(C)(C)[Si](C)(C)OCCC=C1CCC2(CCOCC2)CC1. The van der Waals surface area contributed by atoms with E-state index in [1.54, 1.807) is 5.57 Å². The molecule has 1 aliphatic heterocycles. The molecule has 3 heteroatoms. The molecule has 1 heterocycles. The van der Waals surface area contributed by atoms with Crippen LogP contribution in [-0.4, -0.2) is 28.1 Å². The first-order valence-electron chi connectivity index (χ1n) is 9.14. The van der Waals surface area contributed by atoms with Crippen molar-refractivity contribution < 1.29 is 9.16 Å². The molecule has 1 saturated heterocycles. The van der Waals surface area contributed by atoms with E-state index < -0.39 is 8.32 Å². The predicted octanol–water partition coefficient (Wildman–Crippen LogP) is 5.70. The Kier molecular flexibility index (Phi) is 5.95. The van der Waals surface area contributed by atoms with Gasteiger partial charge in [0.25, 0.3) is 0 Å². The van der Waals surface area contributed by atoms with Crippen molar-refractivity contribution >= 4 is 8.32 Å². The molecule has 2 aliphatic rings. The molecule has 2 rings (SSSR count). The van der Waals surface area contributed by atoms with Crippen LogP contribution in [-0.2, 0) is 9.16 Å². The van der Waals surface area contributed by atoms with Crippen molar-refractivity contribution in [2.45, 2.75) is 83.8 Å². The van der Waals surface area contributed by atoms with Crippen molar-refractivity contribution in [3.63, 3.8) is 0 Å². The van der Waals surface area contributed by atoms with Crippen LogP contribution in [0.5, 0.6) is 0 Å². The molecule has 0 N–H and O–H groups in total. The van der Waals surface area contributed by atoms with Gasteiger partial charge < -0.3 is 9.16 Å². The summed E-state index contributed by atoms with van der Waals surface area (Å²) in [5, 5.41) is 0.320. The zero-order valence-corrected chi connectivity index (χ0v) is 16.5. The van der Waals surface area contributed by atoms with Gasteiger partial charge in [0.05, 0.1) is 0 Å². The first-order valence-corrected chi connectivity index (χ1v) is 12.0. The lowest BCUT2D eigenvalue weighted by molar-refractivity contribution is 0.000720. The molecule has 0 aromatic carbocycles. The zero-order chi connectivity index (χ0) is 16.3. The van der Waals surface area contributed by atoms with Gasteiger partial charge in [0.15, 0.2) is 8.32 Å². The molecule has 128 valence electrons. The Bertz CT molecular complexity index is 375. The van der Waals surface area contributed by atoms with E-state index in [-0.39, 0.29) is 0 Å². The maximum Gasteiger partial charge on any atom is 0.191 e. The van der Waals surface area contributed by atoms with Gasteiger partial charge in [-0.1, -0.05) is 32.4 Å². The molecule has 2 fully saturated rings. The summed E-state index contributed by atoms with van der Waals surface area (Å²) in [5.74, 6) is 0. The fourth-order valence-electron chi connectivity index (χ4n) is 3.40. The lowest BCUT2D eigenvalue weighted by atomic mass is 9.68. The monoisotopic (exact) mass is 324 g/mol. The standard InChI is InChI=1S/C19H36O2Si/c1-18(2,3)22(4,5)21-14-6-7-17-8-10-19(11-9-17)12-15-20-16-13-19/h7H,6,8-16H2,1-5H3. The fourth-order valence-corrected chi connectivity index (χ4v) is 4.46. The Morgan fingerprint density at radius 1 is 1.09 bits per heavy atom. The van der Waals surface area contributed by atoms with E-state index in [0.717, 1.165) is 26.2 Å². The van der Waals surface area contributed by atoms with Crippen molar-refractivity contribution in [3.05, 3.63) is 11.6 Å². The summed E-state index contributed by atoms with van der Waals surface area (Å²) in [7, 11) is -1.57. The highest BCUT2D eigenvalue weighted by Gasteiger charge is 2.37. The summed E-state index contributed by atoms with van der Waals surface area (Å²) in [4.78, 5) is 0. The van der Waals surface area contributed by atoms with Crippen LogP contribution in [0.15, 0.2) is 11.6 Å². The second-order valence-corrected chi connectivity index (χ2v) is 13.7. The largest absolute Gasteiger partial charge is 0.417 e. The number of allylic oxidation sites excluding steroid dienone is 1. The Hall–Kier alpha value is -0.123. The van der Waals surface area contributed by atoms with Gasteiger partial charge in [-0.15, -0.1) is 0 Å². The molecular formula is C19H36O2Si. The van der Waals surface area contributed by atoms with Gasteiger partial charge in [0.2, 0.25) is 0 Å². The molecule has 0 unspecified atom stereocenters. The fraction of sp³-hybridized carbons (Fsp3) is 0.895. The number of hydrogen-bond donors (Lipinski definition) is 0. The average Bonchev–Trinajstić information content (AvgIpc) is 2.45. The first-order chi connectivity index (χ1) is 10.2. The van der Waals surface area contributed by atoms with E-state index in [1.165, 1.54) is 38.5 Å². The van der Waals surface area contributed by atoms with Crippen LogP contribution >= 0.6 is 0 Å². The third-order valence-corrected chi connectivity index (χ3v) is 10.9. The number of ether oxygens (including phenoxy) is 1. The van der Waals surface area contributed by atoms with E-state index in [4.69, 9.17) is 9.16 Å². The van der Waals surface area contributed by atoms with E-state index in [0.29, 0.717) is 10.5 Å². The Labute approximate surface area is 138 Å². The highest BCUT2D eigenvalue weighted by Crippen LogP contribution is 2.45. The zero-order valence-electron chi connectivity index (χ0n) is 15.5. The normalized spacial score (nSPS) is 22.9. The predicted molar refractivity (Wildman–Crippen MR) is 96.8 cm³/mol. The number of rotatable bonds is 4. The van der Waals surface area contributed by atoms with Crippen LogP contribution in [0, 0.1) is 5.41 Å². The smallest absolute Gasteiger partial charge is 0.191 e. The maximum atomic E-state index is 6.27. The maximum absolute atomic E-state index is 6.27. The molecule has 0 atom stereocenters. The van der Waals surface area contributed by atoms with Gasteiger partial charge in [-0.25, -0.2) is 0 Å². The summed E-state index contributed by atoms with van der Waals surface area (Å²) >= 11 is 0. The summed E-state index contributed by atoms with van der Waals surface area (Å²) in [6.45, 7) is 14.5. The first kappa shape index (κ1) is 18.2. The molecule has 0 bridgehead atoms. The van der Waals surface area contributed by atoms with Crippen molar-refractivity contribution in [1.29, 1.82) is 0 Å². The Morgan fingerprint density at radius 2 is 1.68 bits per heavy atom. The average molecular weight is 325 g/mol. The molecule has 0 radical (unpaired) electrons. The molecule has 1 aliphatic carbocycles. The van der Waals surface area contributed by atoms with Gasteiger partial charge in [0, 0.05) is 19.8 Å². The van der Waals surface area contributed by atoms with E-state index in [9.17, 15) is 0 Å². The van der Waals surface area contributed by atoms with Gasteiger partial charge in [0.1, 0.15) is 0 Å². The van der Waals surface area contributed by atoms with Crippen molar-refractivity contribution in [1.82, 2.24) is 0 Å². The lowest BCUT2D eigenvalue weighted by Crippen LogP contribution is -2.40. The highest BCUT2D eigenvalue weighted by molar-refractivity contribution is 6.74. The molecule has 22 heavy (non-hydrogen) atoms. The molecular weight excluding hydrogens is 288 g/mol. The van der Waals surface area contributed by atoms with Crippen molar-refractivity contribution in [3.8, 4) is 0 Å². The molecule has 0 amide bonds.